The highest BCUT2D eigenvalue weighted by molar-refractivity contribution is 5.92. The highest BCUT2D eigenvalue weighted by Gasteiger charge is 2.29. The lowest BCUT2D eigenvalue weighted by Gasteiger charge is -2.29. The maximum absolute atomic E-state index is 9.24. The number of nitriles is 1. The topological polar surface area (TPSA) is 134 Å². The number of hydrogen-bond acceptors (Lipinski definition) is 8. The van der Waals surface area contributed by atoms with Crippen molar-refractivity contribution in [3.05, 3.63) is 35.8 Å². The lowest BCUT2D eigenvalue weighted by atomic mass is 10.1. The predicted octanol–water partition coefficient (Wildman–Crippen LogP) is -0.373. The van der Waals surface area contributed by atoms with Gasteiger partial charge in [0.1, 0.15) is 18.0 Å². The molecule has 1 saturated heterocycles. The van der Waals surface area contributed by atoms with Gasteiger partial charge in [-0.2, -0.15) is 5.26 Å². The summed E-state index contributed by atoms with van der Waals surface area (Å²) in [5, 5.41) is 15.5. The van der Waals surface area contributed by atoms with E-state index in [2.05, 4.69) is 20.6 Å². The molecule has 1 unspecified atom stereocenters. The van der Waals surface area contributed by atoms with E-state index in [0.717, 1.165) is 25.9 Å². The number of nitrogens with two attached hydrogens (primary N) is 2. The van der Waals surface area contributed by atoms with Gasteiger partial charge >= 0.3 is 0 Å². The zero-order chi connectivity index (χ0) is 16.3. The number of piperidine rings is 1. The van der Waals surface area contributed by atoms with Gasteiger partial charge in [0.2, 0.25) is 5.79 Å². The third kappa shape index (κ3) is 3.26. The van der Waals surface area contributed by atoms with Crippen molar-refractivity contribution >= 4 is 5.84 Å². The van der Waals surface area contributed by atoms with E-state index in [-0.39, 0.29) is 11.8 Å². The Morgan fingerprint density at radius 3 is 2.87 bits per heavy atom. The van der Waals surface area contributed by atoms with Gasteiger partial charge in [0.25, 0.3) is 0 Å². The van der Waals surface area contributed by atoms with E-state index < -0.39 is 5.79 Å². The van der Waals surface area contributed by atoms with Gasteiger partial charge in [-0.05, 0) is 38.1 Å². The molecule has 3 heterocycles. The Kier molecular flexibility index (Phi) is 4.14. The summed E-state index contributed by atoms with van der Waals surface area (Å²) in [7, 11) is 0. The smallest absolute Gasteiger partial charge is 0.212 e. The number of nitrogens with zero attached hydrogens (tertiary/aromatic N) is 3. The molecule has 0 amide bonds. The molecule has 3 rings (SSSR count). The van der Waals surface area contributed by atoms with Crippen LogP contribution in [0.2, 0.25) is 0 Å². The number of amidine groups is 1. The minimum absolute atomic E-state index is 0.0573. The number of aliphatic imine (C=N–C) groups is 1. The van der Waals surface area contributed by atoms with Crippen molar-refractivity contribution in [2.75, 3.05) is 13.1 Å². The SMILES string of the molecule is N#Cc1ncc(C2(N)N=C(N)C=CN2)cc1OC1CCNCC1. The molecule has 1 aromatic heterocycles. The molecule has 2 aliphatic heterocycles. The van der Waals surface area contributed by atoms with Crippen molar-refractivity contribution in [1.29, 1.82) is 5.26 Å². The summed E-state index contributed by atoms with van der Waals surface area (Å²) in [6.07, 6.45) is 6.59. The van der Waals surface area contributed by atoms with E-state index in [1.807, 2.05) is 6.07 Å². The number of rotatable bonds is 3. The van der Waals surface area contributed by atoms with Crippen molar-refractivity contribution in [1.82, 2.24) is 15.6 Å². The van der Waals surface area contributed by atoms with E-state index in [1.54, 1.807) is 18.3 Å². The maximum atomic E-state index is 9.24. The molecule has 1 fully saturated rings. The van der Waals surface area contributed by atoms with Crippen molar-refractivity contribution in [2.45, 2.75) is 24.7 Å². The zero-order valence-electron chi connectivity index (χ0n) is 12.6. The Hall–Kier alpha value is -2.63. The van der Waals surface area contributed by atoms with Crippen LogP contribution in [0.5, 0.6) is 5.75 Å². The van der Waals surface area contributed by atoms with Crippen LogP contribution in [-0.4, -0.2) is 30.0 Å². The first-order chi connectivity index (χ1) is 11.1. The zero-order valence-corrected chi connectivity index (χ0v) is 12.6. The summed E-state index contributed by atoms with van der Waals surface area (Å²) < 4.78 is 5.97. The Bertz CT molecular complexity index is 688. The monoisotopic (exact) mass is 313 g/mol. The molecular formula is C15H19N7O. The standard InChI is InChI=1S/C15H19N7O/c16-8-12-13(23-11-1-4-19-5-2-11)7-10(9-20-12)15(18)21-6-3-14(17)22-15/h3,6-7,9,11,19,21H,1-2,4-5,18H2,(H2,17,22). The molecule has 2 aliphatic rings. The van der Waals surface area contributed by atoms with Crippen LogP contribution in [0.1, 0.15) is 24.1 Å². The van der Waals surface area contributed by atoms with E-state index in [9.17, 15) is 5.26 Å². The van der Waals surface area contributed by atoms with Crippen molar-refractivity contribution in [3.8, 4) is 11.8 Å². The summed E-state index contributed by atoms with van der Waals surface area (Å²) in [4.78, 5) is 8.37. The van der Waals surface area contributed by atoms with Crippen LogP contribution in [0.25, 0.3) is 0 Å². The Morgan fingerprint density at radius 1 is 1.39 bits per heavy atom. The third-order valence-corrected chi connectivity index (χ3v) is 3.84. The molecule has 6 N–H and O–H groups in total. The molecule has 0 bridgehead atoms. The second-order valence-electron chi connectivity index (χ2n) is 5.53. The third-order valence-electron chi connectivity index (χ3n) is 3.84. The maximum Gasteiger partial charge on any atom is 0.212 e. The van der Waals surface area contributed by atoms with Crippen LogP contribution in [0.3, 0.4) is 0 Å². The van der Waals surface area contributed by atoms with Crippen LogP contribution in [0.15, 0.2) is 29.5 Å². The van der Waals surface area contributed by atoms with Crippen LogP contribution >= 0.6 is 0 Å². The van der Waals surface area contributed by atoms with Crippen molar-refractivity contribution in [3.63, 3.8) is 0 Å². The number of hydrogen-bond donors (Lipinski definition) is 4. The summed E-state index contributed by atoms with van der Waals surface area (Å²) in [6.45, 7) is 1.79. The lowest BCUT2D eigenvalue weighted by molar-refractivity contribution is 0.161. The molecule has 0 aliphatic carbocycles. The summed E-state index contributed by atoms with van der Waals surface area (Å²) >= 11 is 0. The molecular weight excluding hydrogens is 294 g/mol. The number of aromatic nitrogens is 1. The first-order valence-corrected chi connectivity index (χ1v) is 7.47. The molecule has 8 heteroatoms. The fourth-order valence-corrected chi connectivity index (χ4v) is 2.59. The van der Waals surface area contributed by atoms with Crippen LogP contribution in [-0.2, 0) is 5.79 Å². The molecule has 1 aromatic rings. The highest BCUT2D eigenvalue weighted by Crippen LogP contribution is 2.26. The Morgan fingerprint density at radius 2 is 2.17 bits per heavy atom. The minimum Gasteiger partial charge on any atom is -0.487 e. The van der Waals surface area contributed by atoms with Crippen LogP contribution in [0, 0.1) is 11.3 Å². The summed E-state index contributed by atoms with van der Waals surface area (Å²) in [6, 6.07) is 3.75. The molecule has 23 heavy (non-hydrogen) atoms. The van der Waals surface area contributed by atoms with Crippen molar-refractivity contribution < 1.29 is 4.74 Å². The lowest BCUT2D eigenvalue weighted by Crippen LogP contribution is -2.49. The van der Waals surface area contributed by atoms with Gasteiger partial charge in [-0.25, -0.2) is 9.98 Å². The van der Waals surface area contributed by atoms with Gasteiger partial charge in [0.15, 0.2) is 11.4 Å². The minimum atomic E-state index is -1.22. The molecule has 0 radical (unpaired) electrons. The van der Waals surface area contributed by atoms with Gasteiger partial charge in [0, 0.05) is 18.0 Å². The quantitative estimate of drug-likeness (QED) is 0.598. The van der Waals surface area contributed by atoms with Crippen LogP contribution < -0.4 is 26.8 Å². The Balaban J connectivity index is 1.90. The van der Waals surface area contributed by atoms with Gasteiger partial charge in [-0.3, -0.25) is 5.73 Å². The molecule has 0 saturated carbocycles. The first kappa shape index (κ1) is 15.3. The van der Waals surface area contributed by atoms with Crippen molar-refractivity contribution in [2.24, 2.45) is 16.5 Å². The largest absolute Gasteiger partial charge is 0.487 e. The van der Waals surface area contributed by atoms with E-state index in [0.29, 0.717) is 17.1 Å². The van der Waals surface area contributed by atoms with Gasteiger partial charge < -0.3 is 21.1 Å². The second-order valence-corrected chi connectivity index (χ2v) is 5.53. The normalized spacial score (nSPS) is 24.4. The van der Waals surface area contributed by atoms with Crippen LogP contribution in [0.4, 0.5) is 0 Å². The van der Waals surface area contributed by atoms with Gasteiger partial charge in [-0.1, -0.05) is 0 Å². The molecule has 0 spiro atoms. The predicted molar refractivity (Wildman–Crippen MR) is 85.2 cm³/mol. The average Bonchev–Trinajstić information content (AvgIpc) is 2.55. The average molecular weight is 313 g/mol. The number of nitrogens with one attached hydrogen (secondary N) is 2. The summed E-state index contributed by atoms with van der Waals surface area (Å²) in [5.74, 6) is -0.477. The second kappa shape index (κ2) is 6.24. The molecule has 0 aromatic carbocycles. The Labute approximate surface area is 134 Å². The van der Waals surface area contributed by atoms with Gasteiger partial charge in [0.05, 0.1) is 0 Å². The fraction of sp³-hybridized carbons (Fsp3) is 0.400. The summed E-state index contributed by atoms with van der Waals surface area (Å²) in [5.41, 5.74) is 12.8. The highest BCUT2D eigenvalue weighted by atomic mass is 16.5. The number of ether oxygens (including phenoxy) is 1. The molecule has 1 atom stereocenters. The first-order valence-electron chi connectivity index (χ1n) is 7.47. The molecule has 120 valence electrons. The van der Waals surface area contributed by atoms with E-state index in [4.69, 9.17) is 16.2 Å². The fourth-order valence-electron chi connectivity index (χ4n) is 2.59. The molecule has 8 nitrogen and oxygen atoms in total. The number of pyridine rings is 1. The van der Waals surface area contributed by atoms with E-state index >= 15 is 0 Å². The van der Waals surface area contributed by atoms with Gasteiger partial charge in [-0.15, -0.1) is 0 Å². The van der Waals surface area contributed by atoms with E-state index in [1.165, 1.54) is 6.20 Å².